The molecule has 3 nitrogen and oxygen atoms in total. The highest BCUT2D eigenvalue weighted by atomic mass is 79.9. The molecule has 1 heterocycles. The van der Waals surface area contributed by atoms with Crippen LogP contribution < -0.4 is 0 Å². The molecule has 1 aromatic heterocycles. The molecule has 0 radical (unpaired) electrons. The lowest BCUT2D eigenvalue weighted by Crippen LogP contribution is -2.07. The molecule has 0 saturated heterocycles. The van der Waals surface area contributed by atoms with Gasteiger partial charge < -0.3 is 4.74 Å². The molecule has 0 saturated carbocycles. The Labute approximate surface area is 180 Å². The van der Waals surface area contributed by atoms with Gasteiger partial charge in [-0.1, -0.05) is 71.3 Å². The molecule has 0 aliphatic rings. The molecule has 0 aromatic carbocycles. The summed E-state index contributed by atoms with van der Waals surface area (Å²) in [4.78, 5) is 15.9. The first-order valence-corrected chi connectivity index (χ1v) is 11.8. The third kappa shape index (κ3) is 11.0. The van der Waals surface area contributed by atoms with Crippen LogP contribution in [0.3, 0.4) is 0 Å². The monoisotopic (exact) mass is 451 g/mol. The summed E-state index contributed by atoms with van der Waals surface area (Å²) < 4.78 is 6.15. The van der Waals surface area contributed by atoms with Crippen molar-refractivity contribution in [2.75, 3.05) is 6.61 Å². The number of hydrogen-bond donors (Lipinski definition) is 0. The number of carbonyl (C=O) groups excluding carboxylic acids is 1. The van der Waals surface area contributed by atoms with Crippen molar-refractivity contribution in [1.82, 2.24) is 4.98 Å². The van der Waals surface area contributed by atoms with E-state index in [1.807, 2.05) is 6.20 Å². The Morgan fingerprint density at radius 2 is 1.61 bits per heavy atom. The SMILES string of the molecule is C=C(C)C(=O)OCCCc1ccnc(Br)c1CCCCCCCCCCCC. The van der Waals surface area contributed by atoms with Crippen LogP contribution in [0.25, 0.3) is 0 Å². The lowest BCUT2D eigenvalue weighted by molar-refractivity contribution is -0.139. The van der Waals surface area contributed by atoms with Gasteiger partial charge in [0.1, 0.15) is 4.60 Å². The average molecular weight is 452 g/mol. The molecule has 0 fully saturated rings. The van der Waals surface area contributed by atoms with Crippen molar-refractivity contribution >= 4 is 21.9 Å². The summed E-state index contributed by atoms with van der Waals surface area (Å²) >= 11 is 3.61. The Kier molecular flexibility index (Phi) is 14.0. The Balaban J connectivity index is 2.25. The Morgan fingerprint density at radius 3 is 2.21 bits per heavy atom. The average Bonchev–Trinajstić information content (AvgIpc) is 2.67. The fraction of sp³-hybridized carbons (Fsp3) is 0.667. The van der Waals surface area contributed by atoms with Crippen molar-refractivity contribution < 1.29 is 9.53 Å². The number of aromatic nitrogens is 1. The van der Waals surface area contributed by atoms with Crippen LogP contribution in [0.2, 0.25) is 0 Å². The summed E-state index contributed by atoms with van der Waals surface area (Å²) in [6, 6.07) is 2.09. The molecule has 28 heavy (non-hydrogen) atoms. The number of carbonyl (C=O) groups is 1. The van der Waals surface area contributed by atoms with Crippen molar-refractivity contribution in [1.29, 1.82) is 0 Å². The number of esters is 1. The van der Waals surface area contributed by atoms with E-state index in [1.54, 1.807) is 6.92 Å². The topological polar surface area (TPSA) is 39.2 Å². The highest BCUT2D eigenvalue weighted by molar-refractivity contribution is 9.10. The predicted octanol–water partition coefficient (Wildman–Crippen LogP) is 7.36. The molecule has 0 aliphatic heterocycles. The van der Waals surface area contributed by atoms with Crippen molar-refractivity contribution in [2.24, 2.45) is 0 Å². The van der Waals surface area contributed by atoms with Crippen LogP contribution >= 0.6 is 15.9 Å². The number of halogens is 1. The molecule has 0 atom stereocenters. The van der Waals surface area contributed by atoms with Gasteiger partial charge in [0, 0.05) is 11.8 Å². The summed E-state index contributed by atoms with van der Waals surface area (Å²) in [5.74, 6) is -0.304. The van der Waals surface area contributed by atoms with E-state index < -0.39 is 0 Å². The zero-order valence-electron chi connectivity index (χ0n) is 17.9. The van der Waals surface area contributed by atoms with Gasteiger partial charge in [0.25, 0.3) is 0 Å². The van der Waals surface area contributed by atoms with Crippen LogP contribution in [0.1, 0.15) is 95.6 Å². The van der Waals surface area contributed by atoms with Crippen molar-refractivity contribution in [2.45, 2.75) is 97.3 Å². The quantitative estimate of drug-likeness (QED) is 0.114. The molecular formula is C24H38BrNO2. The Morgan fingerprint density at radius 1 is 1.00 bits per heavy atom. The highest BCUT2D eigenvalue weighted by Gasteiger charge is 2.09. The van der Waals surface area contributed by atoms with Crippen LogP contribution in [0.4, 0.5) is 0 Å². The molecule has 158 valence electrons. The van der Waals surface area contributed by atoms with Gasteiger partial charge in [0.15, 0.2) is 0 Å². The van der Waals surface area contributed by atoms with E-state index in [-0.39, 0.29) is 5.97 Å². The first kappa shape index (κ1) is 24.9. The smallest absolute Gasteiger partial charge is 0.333 e. The van der Waals surface area contributed by atoms with Crippen LogP contribution in [-0.4, -0.2) is 17.6 Å². The number of hydrogen-bond acceptors (Lipinski definition) is 3. The third-order valence-electron chi connectivity index (χ3n) is 5.05. The molecule has 0 amide bonds. The van der Waals surface area contributed by atoms with E-state index in [0.29, 0.717) is 12.2 Å². The summed E-state index contributed by atoms with van der Waals surface area (Å²) in [5.41, 5.74) is 3.07. The summed E-state index contributed by atoms with van der Waals surface area (Å²) in [6.07, 6.45) is 18.1. The zero-order valence-corrected chi connectivity index (χ0v) is 19.5. The molecule has 0 N–H and O–H groups in total. The fourth-order valence-corrected chi connectivity index (χ4v) is 3.91. The van der Waals surface area contributed by atoms with Gasteiger partial charge in [-0.3, -0.25) is 0 Å². The minimum absolute atomic E-state index is 0.304. The molecule has 0 aliphatic carbocycles. The van der Waals surface area contributed by atoms with Crippen molar-refractivity contribution in [3.63, 3.8) is 0 Å². The summed E-state index contributed by atoms with van der Waals surface area (Å²) in [5, 5.41) is 0. The molecule has 0 bridgehead atoms. The minimum Gasteiger partial charge on any atom is -0.462 e. The Hall–Kier alpha value is -1.16. The van der Waals surface area contributed by atoms with E-state index in [4.69, 9.17) is 4.74 Å². The van der Waals surface area contributed by atoms with Gasteiger partial charge in [-0.15, -0.1) is 0 Å². The number of nitrogens with zero attached hydrogens (tertiary/aromatic N) is 1. The van der Waals surface area contributed by atoms with E-state index in [0.717, 1.165) is 23.9 Å². The number of ether oxygens (including phenoxy) is 1. The van der Waals surface area contributed by atoms with E-state index in [2.05, 4.69) is 40.5 Å². The van der Waals surface area contributed by atoms with Gasteiger partial charge in [0.2, 0.25) is 0 Å². The van der Waals surface area contributed by atoms with Crippen LogP contribution in [0.15, 0.2) is 29.0 Å². The van der Waals surface area contributed by atoms with E-state index >= 15 is 0 Å². The summed E-state index contributed by atoms with van der Waals surface area (Å²) in [7, 11) is 0. The molecule has 0 spiro atoms. The molecule has 0 unspecified atom stereocenters. The van der Waals surface area contributed by atoms with Gasteiger partial charge in [-0.2, -0.15) is 0 Å². The van der Waals surface area contributed by atoms with E-state index in [1.165, 1.54) is 75.3 Å². The Bertz CT molecular complexity index is 586. The number of unbranched alkanes of at least 4 members (excludes halogenated alkanes) is 9. The maximum atomic E-state index is 11.5. The number of rotatable bonds is 16. The second-order valence-electron chi connectivity index (χ2n) is 7.69. The maximum Gasteiger partial charge on any atom is 0.333 e. The molecule has 1 aromatic rings. The second-order valence-corrected chi connectivity index (χ2v) is 8.44. The zero-order chi connectivity index (χ0) is 20.6. The van der Waals surface area contributed by atoms with Gasteiger partial charge in [-0.05, 0) is 65.7 Å². The molecule has 4 heteroatoms. The van der Waals surface area contributed by atoms with E-state index in [9.17, 15) is 4.79 Å². The predicted molar refractivity (Wildman–Crippen MR) is 122 cm³/mol. The highest BCUT2D eigenvalue weighted by Crippen LogP contribution is 2.22. The lowest BCUT2D eigenvalue weighted by Gasteiger charge is -2.11. The molecular weight excluding hydrogens is 414 g/mol. The maximum absolute atomic E-state index is 11.5. The first-order valence-electron chi connectivity index (χ1n) is 11.0. The third-order valence-corrected chi connectivity index (χ3v) is 5.74. The first-order chi connectivity index (χ1) is 13.6. The van der Waals surface area contributed by atoms with Crippen LogP contribution in [0, 0.1) is 0 Å². The number of aryl methyl sites for hydroxylation is 1. The summed E-state index contributed by atoms with van der Waals surface area (Å²) in [6.45, 7) is 7.98. The largest absolute Gasteiger partial charge is 0.462 e. The van der Waals surface area contributed by atoms with Crippen molar-refractivity contribution in [3.05, 3.63) is 40.1 Å². The normalized spacial score (nSPS) is 10.8. The van der Waals surface area contributed by atoms with Crippen LogP contribution in [0.5, 0.6) is 0 Å². The van der Waals surface area contributed by atoms with Crippen molar-refractivity contribution in [3.8, 4) is 0 Å². The fourth-order valence-electron chi connectivity index (χ4n) is 3.34. The van der Waals surface area contributed by atoms with Gasteiger partial charge in [0.05, 0.1) is 6.61 Å². The lowest BCUT2D eigenvalue weighted by atomic mass is 9.99. The standard InChI is InChI=1S/C24H38BrNO2/c1-4-5-6-7-8-9-10-11-12-13-16-22-21(17-18-26-23(22)25)15-14-19-28-24(27)20(2)3/h17-18H,2,4-16,19H2,1,3H3. The van der Waals surface area contributed by atoms with Crippen LogP contribution in [-0.2, 0) is 22.4 Å². The van der Waals surface area contributed by atoms with Gasteiger partial charge in [-0.25, -0.2) is 9.78 Å². The molecule has 1 rings (SSSR count). The minimum atomic E-state index is -0.304. The van der Waals surface area contributed by atoms with Gasteiger partial charge >= 0.3 is 5.97 Å². The number of pyridine rings is 1. The second kappa shape index (κ2) is 15.7.